The fourth-order valence-electron chi connectivity index (χ4n) is 2.36. The molecule has 0 saturated carbocycles. The highest BCUT2D eigenvalue weighted by Crippen LogP contribution is 2.28. The number of hydrazone groups is 1. The quantitative estimate of drug-likeness (QED) is 0.208. The number of esters is 1. The molecule has 3 rings (SSSR count). The van der Waals surface area contributed by atoms with Gasteiger partial charge in [-0.25, -0.2) is 10.2 Å². The summed E-state index contributed by atoms with van der Waals surface area (Å²) in [5.74, 6) is -0.685. The van der Waals surface area contributed by atoms with E-state index in [1.54, 1.807) is 18.2 Å². The van der Waals surface area contributed by atoms with Gasteiger partial charge in [0.1, 0.15) is 0 Å². The highest BCUT2D eigenvalue weighted by molar-refractivity contribution is 5.95. The third-order valence-corrected chi connectivity index (χ3v) is 3.83. The van der Waals surface area contributed by atoms with Crippen LogP contribution < -0.4 is 14.9 Å². The number of amides is 1. The van der Waals surface area contributed by atoms with Crippen molar-refractivity contribution in [1.29, 1.82) is 0 Å². The van der Waals surface area contributed by atoms with E-state index < -0.39 is 16.8 Å². The molecule has 0 radical (unpaired) electrons. The van der Waals surface area contributed by atoms with Gasteiger partial charge in [0.15, 0.2) is 11.5 Å². The maximum Gasteiger partial charge on any atom is 0.379 e. The van der Waals surface area contributed by atoms with E-state index in [2.05, 4.69) is 10.5 Å². The molecule has 0 unspecified atom stereocenters. The van der Waals surface area contributed by atoms with E-state index >= 15 is 0 Å². The number of ether oxygens (including phenoxy) is 2. The Kier molecular flexibility index (Phi) is 6.18. The molecule has 0 aliphatic heterocycles. The van der Waals surface area contributed by atoms with Gasteiger partial charge in [0, 0.05) is 17.7 Å². The van der Waals surface area contributed by atoms with Crippen LogP contribution in [0.3, 0.4) is 0 Å². The number of nitro benzene ring substituents is 1. The van der Waals surface area contributed by atoms with Gasteiger partial charge in [-0.05, 0) is 48.0 Å². The normalized spacial score (nSPS) is 10.6. The Bertz CT molecular complexity index is 1090. The average molecular weight is 409 g/mol. The number of carbonyl (C=O) groups excluding carboxylic acids is 2. The van der Waals surface area contributed by atoms with Gasteiger partial charge < -0.3 is 13.9 Å². The first-order valence-electron chi connectivity index (χ1n) is 8.49. The lowest BCUT2D eigenvalue weighted by atomic mass is 10.2. The number of nitro groups is 1. The lowest BCUT2D eigenvalue weighted by Gasteiger charge is -2.09. The molecule has 0 bridgehead atoms. The van der Waals surface area contributed by atoms with Gasteiger partial charge in [-0.1, -0.05) is 0 Å². The second kappa shape index (κ2) is 9.15. The number of nitrogens with one attached hydrogen (secondary N) is 1. The third-order valence-electron chi connectivity index (χ3n) is 3.83. The van der Waals surface area contributed by atoms with Crippen LogP contribution in [0.15, 0.2) is 70.4 Å². The molecule has 10 nitrogen and oxygen atoms in total. The zero-order chi connectivity index (χ0) is 21.5. The van der Waals surface area contributed by atoms with Crippen molar-refractivity contribution in [3.8, 4) is 11.5 Å². The van der Waals surface area contributed by atoms with Crippen LogP contribution in [0.2, 0.25) is 0 Å². The van der Waals surface area contributed by atoms with Crippen molar-refractivity contribution in [2.24, 2.45) is 5.10 Å². The Labute approximate surface area is 169 Å². The Morgan fingerprint density at radius 1 is 1.13 bits per heavy atom. The molecule has 0 spiro atoms. The molecule has 1 heterocycles. The van der Waals surface area contributed by atoms with Crippen LogP contribution in [0.4, 0.5) is 5.69 Å². The summed E-state index contributed by atoms with van der Waals surface area (Å²) in [5, 5.41) is 14.5. The molecule has 1 aromatic heterocycles. The highest BCUT2D eigenvalue weighted by atomic mass is 16.6. The third kappa shape index (κ3) is 4.87. The van der Waals surface area contributed by atoms with Crippen LogP contribution in [-0.4, -0.2) is 30.1 Å². The first kappa shape index (κ1) is 20.3. The highest BCUT2D eigenvalue weighted by Gasteiger charge is 2.15. The summed E-state index contributed by atoms with van der Waals surface area (Å²) < 4.78 is 15.4. The summed E-state index contributed by atoms with van der Waals surface area (Å²) in [6.45, 7) is 0. The van der Waals surface area contributed by atoms with Crippen LogP contribution >= 0.6 is 0 Å². The number of furan rings is 1. The van der Waals surface area contributed by atoms with Crippen molar-refractivity contribution in [3.63, 3.8) is 0 Å². The number of carbonyl (C=O) groups is 2. The maximum absolute atomic E-state index is 12.0. The van der Waals surface area contributed by atoms with Crippen LogP contribution in [0.1, 0.15) is 26.5 Å². The van der Waals surface area contributed by atoms with E-state index in [0.29, 0.717) is 5.56 Å². The molecular weight excluding hydrogens is 394 g/mol. The standard InChI is InChI=1S/C20H15N3O7/c1-28-18-11-13(4-9-16(18)30-20(25)17-3-2-10-29-17)12-21-22-19(24)14-5-7-15(8-6-14)23(26)27/h2-12H,1H3,(H,22,24). The minimum atomic E-state index is -0.671. The summed E-state index contributed by atoms with van der Waals surface area (Å²) in [5.41, 5.74) is 2.99. The van der Waals surface area contributed by atoms with Gasteiger partial charge in [0.25, 0.3) is 11.6 Å². The van der Waals surface area contributed by atoms with Crippen molar-refractivity contribution in [2.45, 2.75) is 0 Å². The number of nitrogens with zero attached hydrogens (tertiary/aromatic N) is 2. The molecular formula is C20H15N3O7. The fourth-order valence-corrected chi connectivity index (χ4v) is 2.36. The molecule has 3 aromatic rings. The summed E-state index contributed by atoms with van der Waals surface area (Å²) in [6, 6.07) is 12.8. The van der Waals surface area contributed by atoms with Crippen molar-refractivity contribution >= 4 is 23.8 Å². The Morgan fingerprint density at radius 3 is 2.53 bits per heavy atom. The smallest absolute Gasteiger partial charge is 0.379 e. The maximum atomic E-state index is 12.0. The van der Waals surface area contributed by atoms with Gasteiger partial charge in [0.05, 0.1) is 24.5 Å². The first-order chi connectivity index (χ1) is 14.5. The van der Waals surface area contributed by atoms with Gasteiger partial charge in [-0.2, -0.15) is 5.10 Å². The van der Waals surface area contributed by atoms with Gasteiger partial charge in [0.2, 0.25) is 5.76 Å². The molecule has 1 amide bonds. The zero-order valence-electron chi connectivity index (χ0n) is 15.6. The molecule has 0 aliphatic rings. The Morgan fingerprint density at radius 2 is 1.90 bits per heavy atom. The van der Waals surface area contributed by atoms with E-state index in [1.165, 1.54) is 56.0 Å². The molecule has 0 aliphatic carbocycles. The lowest BCUT2D eigenvalue weighted by Crippen LogP contribution is -2.17. The van der Waals surface area contributed by atoms with Crippen LogP contribution in [0, 0.1) is 10.1 Å². The van der Waals surface area contributed by atoms with Crippen molar-refractivity contribution in [2.75, 3.05) is 7.11 Å². The minimum absolute atomic E-state index is 0.0525. The molecule has 0 fully saturated rings. The van der Waals surface area contributed by atoms with Crippen molar-refractivity contribution in [1.82, 2.24) is 5.43 Å². The first-order valence-corrected chi connectivity index (χ1v) is 8.49. The lowest BCUT2D eigenvalue weighted by molar-refractivity contribution is -0.384. The van der Waals surface area contributed by atoms with Crippen molar-refractivity contribution < 1.29 is 28.4 Å². The summed E-state index contributed by atoms with van der Waals surface area (Å²) in [6.07, 6.45) is 2.72. The number of methoxy groups -OCH3 is 1. The van der Waals surface area contributed by atoms with E-state index in [-0.39, 0.29) is 28.5 Å². The number of benzene rings is 2. The number of non-ortho nitro benzene ring substituents is 1. The predicted octanol–water partition coefficient (Wildman–Crippen LogP) is 3.18. The molecule has 1 N–H and O–H groups in total. The Balaban J connectivity index is 1.64. The molecule has 30 heavy (non-hydrogen) atoms. The van der Waals surface area contributed by atoms with E-state index in [4.69, 9.17) is 13.9 Å². The number of hydrogen-bond donors (Lipinski definition) is 1. The van der Waals surface area contributed by atoms with Crippen molar-refractivity contribution in [3.05, 3.63) is 87.9 Å². The van der Waals surface area contributed by atoms with Crippen LogP contribution in [0.25, 0.3) is 0 Å². The average Bonchev–Trinajstić information content (AvgIpc) is 3.29. The monoisotopic (exact) mass is 409 g/mol. The van der Waals surface area contributed by atoms with Crippen LogP contribution in [-0.2, 0) is 0 Å². The summed E-state index contributed by atoms with van der Waals surface area (Å²) in [4.78, 5) is 34.1. The number of hydrogen-bond acceptors (Lipinski definition) is 8. The predicted molar refractivity (Wildman–Crippen MR) is 105 cm³/mol. The second-order valence-corrected chi connectivity index (χ2v) is 5.78. The SMILES string of the molecule is COc1cc(C=NNC(=O)c2ccc([N+](=O)[O-])cc2)ccc1OC(=O)c1ccco1. The van der Waals surface area contributed by atoms with Gasteiger partial charge in [-0.3, -0.25) is 14.9 Å². The molecule has 0 saturated heterocycles. The zero-order valence-corrected chi connectivity index (χ0v) is 15.6. The van der Waals surface area contributed by atoms with E-state index in [1.807, 2.05) is 0 Å². The van der Waals surface area contributed by atoms with Gasteiger partial charge >= 0.3 is 5.97 Å². The second-order valence-electron chi connectivity index (χ2n) is 5.78. The van der Waals surface area contributed by atoms with E-state index in [9.17, 15) is 19.7 Å². The number of rotatable bonds is 7. The molecule has 0 atom stereocenters. The Hall–Kier alpha value is -4.47. The fraction of sp³-hybridized carbons (Fsp3) is 0.0500. The van der Waals surface area contributed by atoms with Gasteiger partial charge in [-0.15, -0.1) is 0 Å². The molecule has 10 heteroatoms. The summed E-state index contributed by atoms with van der Waals surface area (Å²) in [7, 11) is 1.41. The minimum Gasteiger partial charge on any atom is -0.493 e. The topological polar surface area (TPSA) is 133 Å². The molecule has 152 valence electrons. The molecule has 2 aromatic carbocycles. The van der Waals surface area contributed by atoms with Crippen LogP contribution in [0.5, 0.6) is 11.5 Å². The van der Waals surface area contributed by atoms with E-state index in [0.717, 1.165) is 0 Å². The summed E-state index contributed by atoms with van der Waals surface area (Å²) >= 11 is 0. The largest absolute Gasteiger partial charge is 0.493 e.